The van der Waals surface area contributed by atoms with Gasteiger partial charge in [0.15, 0.2) is 0 Å². The van der Waals surface area contributed by atoms with Crippen molar-refractivity contribution >= 4 is 20.2 Å². The Morgan fingerprint density at radius 3 is 1.74 bits per heavy atom. The van der Waals surface area contributed by atoms with E-state index in [0.29, 0.717) is 0 Å². The van der Waals surface area contributed by atoms with Crippen molar-refractivity contribution in [3.8, 4) is 11.3 Å². The van der Waals surface area contributed by atoms with Gasteiger partial charge < -0.3 is 4.42 Å². The van der Waals surface area contributed by atoms with E-state index >= 15 is 0 Å². The molecule has 0 aliphatic carbocycles. The monoisotopic (exact) mass is 304 g/mol. The summed E-state index contributed by atoms with van der Waals surface area (Å²) in [4.78, 5) is -1.34. The van der Waals surface area contributed by atoms with Gasteiger partial charge in [0, 0.05) is 0 Å². The summed E-state index contributed by atoms with van der Waals surface area (Å²) in [5, 5.41) is 0. The molecule has 0 bridgehead atoms. The van der Waals surface area contributed by atoms with Crippen LogP contribution in [-0.4, -0.2) is 25.9 Å². The lowest BCUT2D eigenvalue weighted by molar-refractivity contribution is 0.480. The molecule has 0 unspecified atom stereocenters. The summed E-state index contributed by atoms with van der Waals surface area (Å²) in [5.41, 5.74) is -0.419. The fraction of sp³-hybridized carbons (Fsp3) is 0. The maximum absolute atomic E-state index is 11.3. The van der Waals surface area contributed by atoms with Crippen molar-refractivity contribution in [1.29, 1.82) is 0 Å². The second-order valence-corrected chi connectivity index (χ2v) is 6.34. The molecule has 0 spiro atoms. The van der Waals surface area contributed by atoms with E-state index in [-0.39, 0.29) is 5.76 Å². The molecule has 0 aliphatic rings. The number of rotatable bonds is 3. The van der Waals surface area contributed by atoms with Crippen molar-refractivity contribution in [2.75, 3.05) is 0 Å². The molecule has 7 nitrogen and oxygen atoms in total. The van der Waals surface area contributed by atoms with Crippen molar-refractivity contribution in [2.24, 2.45) is 0 Å². The third-order valence-corrected chi connectivity index (χ3v) is 4.10. The Kier molecular flexibility index (Phi) is 3.22. The van der Waals surface area contributed by atoms with Crippen LogP contribution in [0.5, 0.6) is 0 Å². The maximum Gasteiger partial charge on any atom is 0.295 e. The Morgan fingerprint density at radius 1 is 0.842 bits per heavy atom. The fourth-order valence-corrected chi connectivity index (χ4v) is 3.11. The van der Waals surface area contributed by atoms with Gasteiger partial charge in [0.25, 0.3) is 20.2 Å². The van der Waals surface area contributed by atoms with E-state index in [1.165, 1.54) is 18.4 Å². The number of hydrogen-bond donors (Lipinski definition) is 2. The molecule has 102 valence electrons. The number of hydrogen-bond acceptors (Lipinski definition) is 5. The van der Waals surface area contributed by atoms with E-state index in [0.717, 1.165) is 18.2 Å². The molecule has 0 radical (unpaired) electrons. The summed E-state index contributed by atoms with van der Waals surface area (Å²) in [5.74, 6) is -0.110. The molecule has 0 saturated carbocycles. The second kappa shape index (κ2) is 4.46. The van der Waals surface area contributed by atoms with Crippen LogP contribution in [0.1, 0.15) is 0 Å². The lowest BCUT2D eigenvalue weighted by Crippen LogP contribution is -2.07. The van der Waals surface area contributed by atoms with E-state index in [2.05, 4.69) is 0 Å². The molecule has 9 heteroatoms. The van der Waals surface area contributed by atoms with Gasteiger partial charge in [0.1, 0.15) is 15.6 Å². The Morgan fingerprint density at radius 2 is 1.37 bits per heavy atom. The van der Waals surface area contributed by atoms with E-state index in [1.807, 2.05) is 0 Å². The summed E-state index contributed by atoms with van der Waals surface area (Å²) in [6.45, 7) is 0. The van der Waals surface area contributed by atoms with Crippen LogP contribution in [0, 0.1) is 0 Å². The van der Waals surface area contributed by atoms with Crippen molar-refractivity contribution < 1.29 is 30.4 Å². The minimum Gasteiger partial charge on any atom is -0.464 e. The molecule has 0 atom stereocenters. The molecule has 0 amide bonds. The highest BCUT2D eigenvalue weighted by Crippen LogP contribution is 2.33. The molecule has 2 aromatic rings. The zero-order valence-corrected chi connectivity index (χ0v) is 10.8. The van der Waals surface area contributed by atoms with Crippen LogP contribution in [0.2, 0.25) is 0 Å². The summed E-state index contributed by atoms with van der Waals surface area (Å²) >= 11 is 0. The third kappa shape index (κ3) is 2.68. The van der Waals surface area contributed by atoms with Gasteiger partial charge in [-0.3, -0.25) is 9.11 Å². The van der Waals surface area contributed by atoms with Gasteiger partial charge in [-0.2, -0.15) is 16.8 Å². The van der Waals surface area contributed by atoms with Gasteiger partial charge in [-0.25, -0.2) is 0 Å². The standard InChI is InChI=1S/C10H8O7S2/c11-18(12,13)8-4-1-5-9(19(14,15)16)10(8)7-3-2-6-17-7/h1-6H,(H,11,12,13)(H,14,15,16). The second-order valence-electron chi connectivity index (χ2n) is 3.56. The molecular weight excluding hydrogens is 296 g/mol. The van der Waals surface area contributed by atoms with Gasteiger partial charge in [-0.05, 0) is 24.3 Å². The Hall–Kier alpha value is -1.68. The van der Waals surface area contributed by atoms with Crippen LogP contribution in [-0.2, 0) is 20.2 Å². The Bertz CT molecular complexity index is 751. The SMILES string of the molecule is O=S(=O)(O)c1cccc(S(=O)(=O)O)c1-c1ccco1. The number of benzene rings is 1. The summed E-state index contributed by atoms with van der Waals surface area (Å²) in [7, 11) is -9.36. The Balaban J connectivity index is 2.94. The smallest absolute Gasteiger partial charge is 0.295 e. The van der Waals surface area contributed by atoms with E-state index < -0.39 is 35.6 Å². The predicted molar refractivity (Wildman–Crippen MR) is 63.8 cm³/mol. The summed E-state index contributed by atoms with van der Waals surface area (Å²) < 4.78 is 68.2. The molecule has 2 rings (SSSR count). The van der Waals surface area contributed by atoms with E-state index in [1.54, 1.807) is 0 Å². The van der Waals surface area contributed by atoms with Crippen LogP contribution < -0.4 is 0 Å². The first-order chi connectivity index (χ1) is 8.71. The molecule has 0 saturated heterocycles. The number of furan rings is 1. The Labute approximate surface area is 109 Å². The molecule has 2 N–H and O–H groups in total. The molecule has 0 aliphatic heterocycles. The van der Waals surface area contributed by atoms with Gasteiger partial charge in [-0.15, -0.1) is 0 Å². The minimum absolute atomic E-state index is 0.110. The lowest BCUT2D eigenvalue weighted by atomic mass is 10.2. The molecule has 1 aromatic carbocycles. The van der Waals surface area contributed by atoms with Gasteiger partial charge in [0.05, 0.1) is 11.8 Å². The average molecular weight is 304 g/mol. The van der Waals surface area contributed by atoms with Crippen LogP contribution in [0.25, 0.3) is 11.3 Å². The van der Waals surface area contributed by atoms with Crippen LogP contribution >= 0.6 is 0 Å². The maximum atomic E-state index is 11.3. The first kappa shape index (κ1) is 13.7. The normalized spacial score (nSPS) is 12.5. The zero-order chi connectivity index (χ0) is 14.3. The molecule has 19 heavy (non-hydrogen) atoms. The first-order valence-electron chi connectivity index (χ1n) is 4.83. The quantitative estimate of drug-likeness (QED) is 0.822. The first-order valence-corrected chi connectivity index (χ1v) is 7.71. The molecule has 1 heterocycles. The van der Waals surface area contributed by atoms with Crippen molar-refractivity contribution in [2.45, 2.75) is 9.79 Å². The predicted octanol–water partition coefficient (Wildman–Crippen LogP) is 1.44. The van der Waals surface area contributed by atoms with Crippen LogP contribution in [0.3, 0.4) is 0 Å². The molecular formula is C10H8O7S2. The van der Waals surface area contributed by atoms with Crippen LogP contribution in [0.4, 0.5) is 0 Å². The molecule has 1 aromatic heterocycles. The van der Waals surface area contributed by atoms with E-state index in [4.69, 9.17) is 13.5 Å². The summed E-state index contributed by atoms with van der Waals surface area (Å²) in [6.07, 6.45) is 1.20. The highest BCUT2D eigenvalue weighted by molar-refractivity contribution is 7.87. The largest absolute Gasteiger partial charge is 0.464 e. The van der Waals surface area contributed by atoms with Crippen LogP contribution in [0.15, 0.2) is 50.8 Å². The third-order valence-electron chi connectivity index (χ3n) is 2.31. The lowest BCUT2D eigenvalue weighted by Gasteiger charge is -2.08. The fourth-order valence-electron chi connectivity index (χ4n) is 1.60. The highest BCUT2D eigenvalue weighted by atomic mass is 32.2. The van der Waals surface area contributed by atoms with Crippen molar-refractivity contribution in [3.63, 3.8) is 0 Å². The topological polar surface area (TPSA) is 122 Å². The zero-order valence-electron chi connectivity index (χ0n) is 9.22. The van der Waals surface area contributed by atoms with Crippen molar-refractivity contribution in [1.82, 2.24) is 0 Å². The van der Waals surface area contributed by atoms with Gasteiger partial charge >= 0.3 is 0 Å². The molecule has 0 fully saturated rings. The highest BCUT2D eigenvalue weighted by Gasteiger charge is 2.26. The van der Waals surface area contributed by atoms with Crippen molar-refractivity contribution in [3.05, 3.63) is 36.6 Å². The van der Waals surface area contributed by atoms with Gasteiger partial charge in [-0.1, -0.05) is 6.07 Å². The minimum atomic E-state index is -4.68. The van der Waals surface area contributed by atoms with Gasteiger partial charge in [0.2, 0.25) is 0 Å². The average Bonchev–Trinajstić information content (AvgIpc) is 2.78. The summed E-state index contributed by atoms with van der Waals surface area (Å²) in [6, 6.07) is 5.80. The van der Waals surface area contributed by atoms with E-state index in [9.17, 15) is 16.8 Å².